The van der Waals surface area contributed by atoms with Crippen molar-refractivity contribution in [1.29, 1.82) is 0 Å². The van der Waals surface area contributed by atoms with Crippen molar-refractivity contribution in [3.05, 3.63) is 24.3 Å². The number of hydrogen-bond acceptors (Lipinski definition) is 4. The largest absolute Gasteiger partial charge is 0.385 e. The molecule has 0 aromatic carbocycles. The first-order valence-electron chi connectivity index (χ1n) is 4.20. The molecule has 0 amide bonds. The Morgan fingerprint density at radius 3 is 3.07 bits per heavy atom. The second-order valence-corrected chi connectivity index (χ2v) is 3.00. The quantitative estimate of drug-likeness (QED) is 0.678. The highest BCUT2D eigenvalue weighted by molar-refractivity contribution is 6.06. The van der Waals surface area contributed by atoms with Crippen LogP contribution in [0.25, 0.3) is 11.0 Å². The van der Waals surface area contributed by atoms with Crippen molar-refractivity contribution >= 4 is 16.8 Å². The number of nitrogens with one attached hydrogen (secondary N) is 1. The lowest BCUT2D eigenvalue weighted by Crippen LogP contribution is -2.17. The first-order chi connectivity index (χ1) is 6.70. The molecule has 1 unspecified atom stereocenters. The number of pyridine rings is 1. The van der Waals surface area contributed by atoms with Crippen LogP contribution in [0.5, 0.6) is 0 Å². The number of hydrogen-bond donors (Lipinski definition) is 2. The van der Waals surface area contributed by atoms with Crippen LogP contribution in [0.4, 0.5) is 0 Å². The number of imidazole rings is 1. The molecule has 2 aromatic heterocycles. The first-order valence-corrected chi connectivity index (χ1v) is 4.20. The molecular formula is C9H9N3O2. The topological polar surface area (TPSA) is 78.9 Å². The number of Topliss-reactive ketones (excluding diaryl/α,β-unsaturated/α-hetero) is 1. The van der Waals surface area contributed by atoms with Crippen LogP contribution in [0.1, 0.15) is 17.4 Å². The molecule has 0 aliphatic carbocycles. The van der Waals surface area contributed by atoms with Crippen molar-refractivity contribution in [2.24, 2.45) is 0 Å². The molecule has 2 N–H and O–H groups in total. The van der Waals surface area contributed by atoms with Crippen molar-refractivity contribution in [1.82, 2.24) is 15.0 Å². The Morgan fingerprint density at radius 2 is 2.36 bits per heavy atom. The first kappa shape index (κ1) is 8.83. The van der Waals surface area contributed by atoms with Crippen LogP contribution in [0, 0.1) is 0 Å². The average Bonchev–Trinajstić information content (AvgIpc) is 2.63. The smallest absolute Gasteiger partial charge is 0.211 e. The molecule has 0 fully saturated rings. The minimum atomic E-state index is -1.05. The molecule has 0 bridgehead atoms. The highest BCUT2D eigenvalue weighted by atomic mass is 16.3. The number of carbonyl (C=O) groups excluding carboxylic acids is 1. The van der Waals surface area contributed by atoms with E-state index < -0.39 is 11.9 Å². The molecule has 5 heteroatoms. The molecule has 2 rings (SSSR count). The molecule has 0 saturated carbocycles. The summed E-state index contributed by atoms with van der Waals surface area (Å²) in [6, 6.07) is 1.72. The van der Waals surface area contributed by atoms with Gasteiger partial charge >= 0.3 is 0 Å². The highest BCUT2D eigenvalue weighted by Crippen LogP contribution is 2.13. The predicted octanol–water partition coefficient (Wildman–Crippen LogP) is 0.521. The molecule has 2 aromatic rings. The number of aliphatic hydroxyl groups is 1. The van der Waals surface area contributed by atoms with Gasteiger partial charge in [-0.15, -0.1) is 0 Å². The summed E-state index contributed by atoms with van der Waals surface area (Å²) in [5, 5.41) is 9.14. The monoisotopic (exact) mass is 191 g/mol. The molecule has 14 heavy (non-hydrogen) atoms. The fourth-order valence-corrected chi connectivity index (χ4v) is 1.25. The van der Waals surface area contributed by atoms with Crippen LogP contribution in [0.15, 0.2) is 18.6 Å². The molecule has 5 nitrogen and oxygen atoms in total. The third kappa shape index (κ3) is 1.27. The van der Waals surface area contributed by atoms with Gasteiger partial charge < -0.3 is 10.1 Å². The van der Waals surface area contributed by atoms with Crippen molar-refractivity contribution in [2.45, 2.75) is 13.0 Å². The lowest BCUT2D eigenvalue weighted by molar-refractivity contribution is 0.0776. The van der Waals surface area contributed by atoms with Crippen LogP contribution in [0.2, 0.25) is 0 Å². The number of aromatic nitrogens is 3. The van der Waals surface area contributed by atoms with Gasteiger partial charge in [-0.2, -0.15) is 0 Å². The number of fused-ring (bicyclic) bond motifs is 1. The van der Waals surface area contributed by atoms with Gasteiger partial charge in [0.25, 0.3) is 0 Å². The summed E-state index contributed by atoms with van der Waals surface area (Å²) in [6.45, 7) is 1.41. The van der Waals surface area contributed by atoms with E-state index in [0.29, 0.717) is 5.52 Å². The summed E-state index contributed by atoms with van der Waals surface area (Å²) in [6.07, 6.45) is 1.95. The van der Waals surface area contributed by atoms with Crippen molar-refractivity contribution in [3.8, 4) is 0 Å². The van der Waals surface area contributed by atoms with Gasteiger partial charge in [-0.25, -0.2) is 4.98 Å². The van der Waals surface area contributed by atoms with Crippen molar-refractivity contribution in [2.75, 3.05) is 0 Å². The number of aromatic amines is 1. The maximum atomic E-state index is 11.5. The van der Waals surface area contributed by atoms with E-state index in [-0.39, 0.29) is 5.69 Å². The van der Waals surface area contributed by atoms with Gasteiger partial charge in [-0.3, -0.25) is 9.78 Å². The van der Waals surface area contributed by atoms with E-state index in [1.165, 1.54) is 19.4 Å². The molecule has 0 aliphatic heterocycles. The zero-order chi connectivity index (χ0) is 10.1. The van der Waals surface area contributed by atoms with Gasteiger partial charge in [0.1, 0.15) is 17.3 Å². The Kier molecular flexibility index (Phi) is 2.01. The van der Waals surface area contributed by atoms with Crippen molar-refractivity contribution in [3.63, 3.8) is 0 Å². The van der Waals surface area contributed by atoms with Gasteiger partial charge in [0, 0.05) is 6.20 Å². The molecular weight excluding hydrogens is 182 g/mol. The third-order valence-corrected chi connectivity index (χ3v) is 1.95. The fourth-order valence-electron chi connectivity index (χ4n) is 1.25. The van der Waals surface area contributed by atoms with E-state index in [1.807, 2.05) is 0 Å². The van der Waals surface area contributed by atoms with E-state index >= 15 is 0 Å². The Labute approximate surface area is 79.8 Å². The number of rotatable bonds is 2. The van der Waals surface area contributed by atoms with Crippen LogP contribution in [-0.2, 0) is 0 Å². The van der Waals surface area contributed by atoms with Crippen LogP contribution in [-0.4, -0.2) is 31.9 Å². The Balaban J connectivity index is 2.62. The van der Waals surface area contributed by atoms with E-state index in [1.54, 1.807) is 6.07 Å². The summed E-state index contributed by atoms with van der Waals surface area (Å²) in [7, 11) is 0. The van der Waals surface area contributed by atoms with E-state index in [0.717, 1.165) is 5.52 Å². The fraction of sp³-hybridized carbons (Fsp3) is 0.222. The van der Waals surface area contributed by atoms with E-state index in [9.17, 15) is 4.79 Å². The summed E-state index contributed by atoms with van der Waals surface area (Å²) in [5.74, 6) is -0.414. The average molecular weight is 191 g/mol. The maximum Gasteiger partial charge on any atom is 0.211 e. The van der Waals surface area contributed by atoms with Crippen LogP contribution in [0.3, 0.4) is 0 Å². The molecule has 0 radical (unpaired) electrons. The third-order valence-electron chi connectivity index (χ3n) is 1.95. The van der Waals surface area contributed by atoms with E-state index in [4.69, 9.17) is 5.11 Å². The van der Waals surface area contributed by atoms with Gasteiger partial charge in [-0.1, -0.05) is 0 Å². The number of carbonyl (C=O) groups is 1. The van der Waals surface area contributed by atoms with E-state index in [2.05, 4.69) is 15.0 Å². The highest BCUT2D eigenvalue weighted by Gasteiger charge is 2.17. The standard InChI is InChI=1S/C9H9N3O2/c1-5(13)9(14)8-7-6(2-3-10-8)11-4-12-7/h2-5,13H,1H3,(H,11,12). The predicted molar refractivity (Wildman–Crippen MR) is 49.9 cm³/mol. The normalized spacial score (nSPS) is 13.0. The Hall–Kier alpha value is -1.75. The van der Waals surface area contributed by atoms with Crippen LogP contribution < -0.4 is 0 Å². The summed E-state index contributed by atoms with van der Waals surface area (Å²) in [5.41, 5.74) is 1.45. The summed E-state index contributed by atoms with van der Waals surface area (Å²) < 4.78 is 0. The summed E-state index contributed by atoms with van der Waals surface area (Å²) >= 11 is 0. The minimum Gasteiger partial charge on any atom is -0.385 e. The zero-order valence-corrected chi connectivity index (χ0v) is 7.56. The number of nitrogens with zero attached hydrogens (tertiary/aromatic N) is 2. The van der Waals surface area contributed by atoms with Gasteiger partial charge in [0.2, 0.25) is 5.78 Å². The second-order valence-electron chi connectivity index (χ2n) is 3.00. The minimum absolute atomic E-state index is 0.207. The SMILES string of the molecule is CC(O)C(=O)c1nccc2[nH]cnc12. The van der Waals surface area contributed by atoms with Crippen LogP contribution >= 0.6 is 0 Å². The Morgan fingerprint density at radius 1 is 1.57 bits per heavy atom. The number of ketones is 1. The maximum absolute atomic E-state index is 11.5. The molecule has 2 heterocycles. The second kappa shape index (κ2) is 3.19. The molecule has 0 saturated heterocycles. The van der Waals surface area contributed by atoms with Gasteiger partial charge in [-0.05, 0) is 13.0 Å². The molecule has 1 atom stereocenters. The van der Waals surface area contributed by atoms with Gasteiger partial charge in [0.15, 0.2) is 0 Å². The van der Waals surface area contributed by atoms with Crippen molar-refractivity contribution < 1.29 is 9.90 Å². The molecule has 72 valence electrons. The summed E-state index contributed by atoms with van der Waals surface area (Å²) in [4.78, 5) is 22.2. The zero-order valence-electron chi connectivity index (χ0n) is 7.56. The number of aliphatic hydroxyl groups excluding tert-OH is 1. The van der Waals surface area contributed by atoms with Gasteiger partial charge in [0.05, 0.1) is 11.8 Å². The number of H-pyrrole nitrogens is 1. The lowest BCUT2D eigenvalue weighted by Gasteiger charge is -2.02. The molecule has 0 aliphatic rings. The lowest BCUT2D eigenvalue weighted by atomic mass is 10.1. The molecule has 0 spiro atoms. The Bertz CT molecular complexity index is 476.